The van der Waals surface area contributed by atoms with Crippen molar-refractivity contribution < 1.29 is 9.47 Å². The van der Waals surface area contributed by atoms with Crippen LogP contribution in [0, 0.1) is 0 Å². The van der Waals surface area contributed by atoms with Crippen molar-refractivity contribution in [3.05, 3.63) is 42.2 Å². The number of ether oxygens (including phenoxy) is 2. The number of rotatable bonds is 2. The van der Waals surface area contributed by atoms with Crippen LogP contribution in [-0.2, 0) is 4.74 Å². The lowest BCUT2D eigenvalue weighted by atomic mass is 10.2. The van der Waals surface area contributed by atoms with Crippen LogP contribution in [0.4, 0.5) is 0 Å². The standard InChI is InChI=1S/C11H11NO2/c1-8-7-12-11(14-8)9-3-5-10(13-2)6-4-9/h3-6H,1,7H2,2H3. The summed E-state index contributed by atoms with van der Waals surface area (Å²) < 4.78 is 10.4. The van der Waals surface area contributed by atoms with Crippen LogP contribution in [0.25, 0.3) is 0 Å². The van der Waals surface area contributed by atoms with E-state index in [1.165, 1.54) is 0 Å². The lowest BCUT2D eigenvalue weighted by Crippen LogP contribution is -1.99. The molecule has 0 unspecified atom stereocenters. The van der Waals surface area contributed by atoms with Crippen LogP contribution < -0.4 is 4.74 Å². The van der Waals surface area contributed by atoms with Crippen molar-refractivity contribution in [1.82, 2.24) is 0 Å². The zero-order valence-electron chi connectivity index (χ0n) is 7.99. The number of hydrogen-bond donors (Lipinski definition) is 0. The lowest BCUT2D eigenvalue weighted by Gasteiger charge is -2.03. The highest BCUT2D eigenvalue weighted by atomic mass is 16.5. The van der Waals surface area contributed by atoms with Gasteiger partial charge in [0.15, 0.2) is 0 Å². The minimum absolute atomic E-state index is 0.557. The van der Waals surface area contributed by atoms with Gasteiger partial charge in [-0.3, -0.25) is 0 Å². The summed E-state index contributed by atoms with van der Waals surface area (Å²) in [6.07, 6.45) is 0. The minimum atomic E-state index is 0.557. The fraction of sp³-hybridized carbons (Fsp3) is 0.182. The van der Waals surface area contributed by atoms with E-state index >= 15 is 0 Å². The molecule has 1 aromatic rings. The maximum atomic E-state index is 5.34. The van der Waals surface area contributed by atoms with Crippen LogP contribution in [0.2, 0.25) is 0 Å². The Balaban J connectivity index is 2.21. The molecule has 0 radical (unpaired) electrons. The van der Waals surface area contributed by atoms with Crippen LogP contribution in [0.5, 0.6) is 5.75 Å². The predicted octanol–water partition coefficient (Wildman–Crippen LogP) is 1.99. The molecule has 1 heterocycles. The van der Waals surface area contributed by atoms with E-state index in [0.717, 1.165) is 11.3 Å². The van der Waals surface area contributed by atoms with E-state index in [4.69, 9.17) is 9.47 Å². The van der Waals surface area contributed by atoms with Gasteiger partial charge >= 0.3 is 0 Å². The average molecular weight is 189 g/mol. The van der Waals surface area contributed by atoms with Crippen LogP contribution in [-0.4, -0.2) is 19.6 Å². The summed E-state index contributed by atoms with van der Waals surface area (Å²) in [5, 5.41) is 0. The Morgan fingerprint density at radius 1 is 1.36 bits per heavy atom. The van der Waals surface area contributed by atoms with Crippen LogP contribution in [0.1, 0.15) is 5.56 Å². The van der Waals surface area contributed by atoms with Gasteiger partial charge in [0.05, 0.1) is 7.11 Å². The second-order valence-electron chi connectivity index (χ2n) is 2.99. The highest BCUT2D eigenvalue weighted by Gasteiger charge is 2.12. The molecule has 1 aromatic carbocycles. The molecular formula is C11H11NO2. The molecule has 0 aromatic heterocycles. The molecule has 0 spiro atoms. The second kappa shape index (κ2) is 3.54. The van der Waals surface area contributed by atoms with Gasteiger partial charge in [-0.15, -0.1) is 0 Å². The lowest BCUT2D eigenvalue weighted by molar-refractivity contribution is 0.414. The molecule has 0 bridgehead atoms. The Labute approximate surface area is 82.7 Å². The van der Waals surface area contributed by atoms with Gasteiger partial charge in [0.2, 0.25) is 5.90 Å². The molecule has 3 heteroatoms. The third-order valence-corrected chi connectivity index (χ3v) is 1.98. The third kappa shape index (κ3) is 1.62. The van der Waals surface area contributed by atoms with Gasteiger partial charge in [0.25, 0.3) is 0 Å². The Morgan fingerprint density at radius 3 is 2.57 bits per heavy atom. The van der Waals surface area contributed by atoms with E-state index in [1.54, 1.807) is 7.11 Å². The quantitative estimate of drug-likeness (QED) is 0.712. The first-order chi connectivity index (χ1) is 6.79. The molecule has 2 rings (SSSR count). The summed E-state index contributed by atoms with van der Waals surface area (Å²) in [5.74, 6) is 2.15. The van der Waals surface area contributed by atoms with Gasteiger partial charge in [-0.2, -0.15) is 0 Å². The molecule has 0 aliphatic carbocycles. The SMILES string of the molecule is C=C1CN=C(c2ccc(OC)cc2)O1. The Morgan fingerprint density at radius 2 is 2.07 bits per heavy atom. The Bertz CT molecular complexity index is 379. The van der Waals surface area contributed by atoms with Gasteiger partial charge < -0.3 is 9.47 Å². The number of nitrogens with zero attached hydrogens (tertiary/aromatic N) is 1. The molecule has 0 amide bonds. The smallest absolute Gasteiger partial charge is 0.222 e. The molecule has 0 saturated carbocycles. The van der Waals surface area contributed by atoms with E-state index in [-0.39, 0.29) is 0 Å². The molecular weight excluding hydrogens is 178 g/mol. The number of benzene rings is 1. The topological polar surface area (TPSA) is 30.8 Å². The molecule has 3 nitrogen and oxygen atoms in total. The molecule has 0 saturated heterocycles. The third-order valence-electron chi connectivity index (χ3n) is 1.98. The van der Waals surface area contributed by atoms with Crippen LogP contribution >= 0.6 is 0 Å². The first-order valence-electron chi connectivity index (χ1n) is 4.34. The monoisotopic (exact) mass is 189 g/mol. The van der Waals surface area contributed by atoms with Crippen LogP contribution in [0.3, 0.4) is 0 Å². The molecule has 0 N–H and O–H groups in total. The predicted molar refractivity (Wildman–Crippen MR) is 54.6 cm³/mol. The van der Waals surface area contributed by atoms with Crippen molar-refractivity contribution in [2.45, 2.75) is 0 Å². The van der Waals surface area contributed by atoms with E-state index in [0.29, 0.717) is 18.2 Å². The molecule has 1 aliphatic rings. The van der Waals surface area contributed by atoms with Gasteiger partial charge in [-0.25, -0.2) is 4.99 Å². The van der Waals surface area contributed by atoms with Crippen molar-refractivity contribution in [2.24, 2.45) is 4.99 Å². The first kappa shape index (κ1) is 8.81. The molecule has 14 heavy (non-hydrogen) atoms. The van der Waals surface area contributed by atoms with Gasteiger partial charge in [0, 0.05) is 5.56 Å². The number of hydrogen-bond acceptors (Lipinski definition) is 3. The summed E-state index contributed by atoms with van der Waals surface area (Å²) >= 11 is 0. The fourth-order valence-electron chi connectivity index (χ4n) is 1.25. The summed E-state index contributed by atoms with van der Waals surface area (Å²) in [6, 6.07) is 7.58. The largest absolute Gasteiger partial charge is 0.497 e. The zero-order chi connectivity index (χ0) is 9.97. The molecule has 72 valence electrons. The van der Waals surface area contributed by atoms with Crippen molar-refractivity contribution in [2.75, 3.05) is 13.7 Å². The van der Waals surface area contributed by atoms with E-state index < -0.39 is 0 Å². The van der Waals surface area contributed by atoms with Crippen molar-refractivity contribution in [3.8, 4) is 5.75 Å². The maximum absolute atomic E-state index is 5.34. The van der Waals surface area contributed by atoms with Gasteiger partial charge in [-0.1, -0.05) is 6.58 Å². The van der Waals surface area contributed by atoms with Crippen molar-refractivity contribution >= 4 is 5.90 Å². The molecule has 1 aliphatic heterocycles. The van der Waals surface area contributed by atoms with E-state index in [2.05, 4.69) is 11.6 Å². The summed E-state index contributed by atoms with van der Waals surface area (Å²) in [7, 11) is 1.64. The number of methoxy groups -OCH3 is 1. The average Bonchev–Trinajstić information content (AvgIpc) is 2.65. The highest BCUT2D eigenvalue weighted by Crippen LogP contribution is 2.16. The van der Waals surface area contributed by atoms with Crippen molar-refractivity contribution in [3.63, 3.8) is 0 Å². The summed E-state index contributed by atoms with van der Waals surface area (Å²) in [5.41, 5.74) is 0.949. The molecule has 0 fully saturated rings. The first-order valence-corrected chi connectivity index (χ1v) is 4.34. The Hall–Kier alpha value is -1.77. The highest BCUT2D eigenvalue weighted by molar-refractivity contribution is 5.96. The van der Waals surface area contributed by atoms with Gasteiger partial charge in [0.1, 0.15) is 18.1 Å². The number of aliphatic imine (C=N–C) groups is 1. The van der Waals surface area contributed by atoms with Crippen LogP contribution in [0.15, 0.2) is 41.6 Å². The summed E-state index contributed by atoms with van der Waals surface area (Å²) in [6.45, 7) is 4.26. The fourth-order valence-corrected chi connectivity index (χ4v) is 1.25. The maximum Gasteiger partial charge on any atom is 0.222 e. The normalized spacial score (nSPS) is 14.9. The van der Waals surface area contributed by atoms with E-state index in [1.807, 2.05) is 24.3 Å². The second-order valence-corrected chi connectivity index (χ2v) is 2.99. The van der Waals surface area contributed by atoms with Crippen molar-refractivity contribution in [1.29, 1.82) is 0 Å². The molecule has 0 atom stereocenters. The Kier molecular flexibility index (Phi) is 2.23. The summed E-state index contributed by atoms with van der Waals surface area (Å²) in [4.78, 5) is 4.20. The zero-order valence-corrected chi connectivity index (χ0v) is 7.99. The van der Waals surface area contributed by atoms with Gasteiger partial charge in [-0.05, 0) is 24.3 Å². The van der Waals surface area contributed by atoms with E-state index in [9.17, 15) is 0 Å². The minimum Gasteiger partial charge on any atom is -0.497 e.